The number of nitrogens with one attached hydrogen (secondary N) is 2. The minimum Gasteiger partial charge on any atom is -0.502 e. The van der Waals surface area contributed by atoms with E-state index in [2.05, 4.69) is 10.2 Å². The molecule has 0 radical (unpaired) electrons. The molecule has 2 heterocycles. The summed E-state index contributed by atoms with van der Waals surface area (Å²) in [5, 5.41) is 48.3. The lowest BCUT2D eigenvalue weighted by Crippen LogP contribution is -2.35. The van der Waals surface area contributed by atoms with Crippen LogP contribution in [0.1, 0.15) is 11.5 Å². The summed E-state index contributed by atoms with van der Waals surface area (Å²) in [7, 11) is 0. The zero-order valence-corrected chi connectivity index (χ0v) is 19.9. The molecule has 0 bridgehead atoms. The second-order valence-electron chi connectivity index (χ2n) is 7.72. The quantitative estimate of drug-likeness (QED) is 0.109. The van der Waals surface area contributed by atoms with E-state index in [0.29, 0.717) is 11.1 Å². The number of hydrogen-bond acceptors (Lipinski definition) is 12. The molecule has 0 spiro atoms. The number of nitro benzene ring substituents is 2. The number of amides is 2. The molecular formula is C24H16N6O10. The molecule has 2 aromatic carbocycles. The smallest absolute Gasteiger partial charge is 0.331 e. The highest BCUT2D eigenvalue weighted by atomic mass is 16.6. The Bertz CT molecular complexity index is 1560. The molecule has 40 heavy (non-hydrogen) atoms. The highest BCUT2D eigenvalue weighted by Crippen LogP contribution is 2.33. The zero-order valence-electron chi connectivity index (χ0n) is 19.9. The largest absolute Gasteiger partial charge is 0.502 e. The van der Waals surface area contributed by atoms with Gasteiger partial charge in [0.1, 0.15) is 23.0 Å². The fourth-order valence-corrected chi connectivity index (χ4v) is 3.21. The molecular weight excluding hydrogens is 532 g/mol. The maximum Gasteiger partial charge on any atom is 0.331 e. The molecule has 0 unspecified atom stereocenters. The van der Waals surface area contributed by atoms with Gasteiger partial charge in [0.2, 0.25) is 0 Å². The lowest BCUT2D eigenvalue weighted by Gasteiger charge is -1.99. The number of rotatable bonds is 8. The first-order valence-corrected chi connectivity index (χ1v) is 10.9. The van der Waals surface area contributed by atoms with E-state index in [-0.39, 0.29) is 23.0 Å². The van der Waals surface area contributed by atoms with Crippen LogP contribution in [0.5, 0.6) is 11.5 Å². The third-order valence-electron chi connectivity index (χ3n) is 5.09. The second-order valence-corrected chi connectivity index (χ2v) is 7.72. The van der Waals surface area contributed by atoms with Gasteiger partial charge in [0.05, 0.1) is 22.3 Å². The van der Waals surface area contributed by atoms with Crippen molar-refractivity contribution in [2.24, 2.45) is 10.2 Å². The normalized spacial score (nSPS) is 11.1. The van der Waals surface area contributed by atoms with Crippen LogP contribution in [-0.2, 0) is 9.59 Å². The first-order chi connectivity index (χ1) is 19.1. The van der Waals surface area contributed by atoms with Gasteiger partial charge >= 0.3 is 23.2 Å². The Morgan fingerprint density at radius 2 is 1.10 bits per heavy atom. The lowest BCUT2D eigenvalue weighted by molar-refractivity contribution is -0.385. The predicted molar refractivity (Wildman–Crippen MR) is 136 cm³/mol. The van der Waals surface area contributed by atoms with Crippen LogP contribution in [0, 0.1) is 20.2 Å². The third kappa shape index (κ3) is 6.14. The van der Waals surface area contributed by atoms with Gasteiger partial charge in [0.15, 0.2) is 11.5 Å². The Labute approximate surface area is 222 Å². The average Bonchev–Trinajstić information content (AvgIpc) is 3.59. The molecule has 2 aromatic heterocycles. The van der Waals surface area contributed by atoms with Crippen molar-refractivity contribution in [3.63, 3.8) is 0 Å². The van der Waals surface area contributed by atoms with E-state index in [1.54, 1.807) is 0 Å². The van der Waals surface area contributed by atoms with Crippen LogP contribution in [0.4, 0.5) is 11.4 Å². The van der Waals surface area contributed by atoms with Crippen LogP contribution >= 0.6 is 0 Å². The molecule has 0 fully saturated rings. The Morgan fingerprint density at radius 1 is 0.700 bits per heavy atom. The van der Waals surface area contributed by atoms with Crippen molar-refractivity contribution in [3.05, 3.63) is 92.4 Å². The summed E-state index contributed by atoms with van der Waals surface area (Å²) in [4.78, 5) is 44.3. The summed E-state index contributed by atoms with van der Waals surface area (Å²) in [6.07, 6.45) is 2.18. The lowest BCUT2D eigenvalue weighted by atomic mass is 10.1. The average molecular weight is 548 g/mol. The van der Waals surface area contributed by atoms with Gasteiger partial charge in [-0.15, -0.1) is 0 Å². The van der Waals surface area contributed by atoms with E-state index in [1.165, 1.54) is 36.4 Å². The molecule has 0 saturated heterocycles. The number of nitrogens with zero attached hydrogens (tertiary/aromatic N) is 4. The van der Waals surface area contributed by atoms with E-state index in [1.807, 2.05) is 10.9 Å². The number of nitro groups is 2. The number of hydrazone groups is 2. The van der Waals surface area contributed by atoms with Crippen molar-refractivity contribution in [3.8, 4) is 34.1 Å². The summed E-state index contributed by atoms with van der Waals surface area (Å²) in [5.74, 6) is -2.56. The van der Waals surface area contributed by atoms with E-state index in [0.717, 1.165) is 36.7 Å². The van der Waals surface area contributed by atoms with E-state index >= 15 is 0 Å². The summed E-state index contributed by atoms with van der Waals surface area (Å²) in [6, 6.07) is 13.3. The van der Waals surface area contributed by atoms with Gasteiger partial charge in [-0.1, -0.05) is 0 Å². The minimum atomic E-state index is -1.16. The molecule has 0 aliphatic heterocycles. The number of furan rings is 2. The zero-order chi connectivity index (χ0) is 28.8. The number of phenolic OH excluding ortho intramolecular Hbond substituents is 2. The van der Waals surface area contributed by atoms with E-state index < -0.39 is 44.5 Å². The number of benzene rings is 2. The summed E-state index contributed by atoms with van der Waals surface area (Å²) < 4.78 is 10.9. The van der Waals surface area contributed by atoms with Crippen molar-refractivity contribution < 1.29 is 38.5 Å². The Kier molecular flexibility index (Phi) is 7.61. The van der Waals surface area contributed by atoms with Gasteiger partial charge in [-0.25, -0.2) is 10.9 Å². The summed E-state index contributed by atoms with van der Waals surface area (Å²) >= 11 is 0. The van der Waals surface area contributed by atoms with E-state index in [4.69, 9.17) is 8.83 Å². The van der Waals surface area contributed by atoms with Crippen molar-refractivity contribution >= 4 is 35.6 Å². The fourth-order valence-electron chi connectivity index (χ4n) is 3.21. The summed E-state index contributed by atoms with van der Waals surface area (Å²) in [6.45, 7) is 0. The molecule has 0 aliphatic carbocycles. The van der Waals surface area contributed by atoms with Gasteiger partial charge in [0, 0.05) is 23.3 Å². The third-order valence-corrected chi connectivity index (χ3v) is 5.09. The first-order valence-electron chi connectivity index (χ1n) is 10.9. The van der Waals surface area contributed by atoms with Crippen LogP contribution < -0.4 is 10.9 Å². The molecule has 202 valence electrons. The van der Waals surface area contributed by atoms with Gasteiger partial charge in [-0.3, -0.25) is 29.8 Å². The van der Waals surface area contributed by atoms with Gasteiger partial charge in [0.25, 0.3) is 0 Å². The first kappa shape index (κ1) is 26.7. The van der Waals surface area contributed by atoms with Crippen molar-refractivity contribution in [1.82, 2.24) is 10.9 Å². The molecule has 4 N–H and O–H groups in total. The van der Waals surface area contributed by atoms with Crippen LogP contribution in [0.25, 0.3) is 22.6 Å². The maximum absolute atomic E-state index is 11.9. The number of carbonyl (C=O) groups is 2. The Hall–Kier alpha value is -6.32. The fraction of sp³-hybridized carbons (Fsp3) is 0. The second kappa shape index (κ2) is 11.4. The molecule has 16 heteroatoms. The molecule has 16 nitrogen and oxygen atoms in total. The number of hydrogen-bond donors (Lipinski definition) is 4. The summed E-state index contributed by atoms with van der Waals surface area (Å²) in [5.41, 5.74) is 3.57. The topological polar surface area (TPSA) is 236 Å². The number of phenols is 2. The number of aromatic hydroxyl groups is 2. The van der Waals surface area contributed by atoms with E-state index in [9.17, 15) is 40.0 Å². The van der Waals surface area contributed by atoms with Crippen LogP contribution in [-0.4, -0.2) is 44.3 Å². The molecule has 2 amide bonds. The van der Waals surface area contributed by atoms with Crippen molar-refractivity contribution in [2.75, 3.05) is 0 Å². The van der Waals surface area contributed by atoms with Crippen LogP contribution in [0.3, 0.4) is 0 Å². The van der Waals surface area contributed by atoms with Gasteiger partial charge < -0.3 is 19.0 Å². The standard InChI is InChI=1S/C24H16N6O10/c31-19-5-1-13(9-17(19)29(35)36)21-7-3-15(39-21)11-25-27-23(33)24(34)28-26-12-16-4-8-22(40-16)14-2-6-20(32)18(10-14)30(37)38/h1-12,31-32H,(H,27,33)(H,28,34)/b25-11+,26-12+. The Morgan fingerprint density at radius 3 is 1.48 bits per heavy atom. The van der Waals surface area contributed by atoms with Gasteiger partial charge in [-0.05, 0) is 48.5 Å². The SMILES string of the molecule is O=C(N/N=C/c1ccc(-c2ccc(O)c([N+](=O)[O-])c2)o1)C(=O)N/N=C/c1ccc(-c2ccc(O)c([N+](=O)[O-])c2)o1. The minimum absolute atomic E-state index is 0.150. The highest BCUT2D eigenvalue weighted by molar-refractivity contribution is 6.35. The van der Waals surface area contributed by atoms with Crippen LogP contribution in [0.2, 0.25) is 0 Å². The molecule has 0 saturated carbocycles. The molecule has 4 aromatic rings. The molecule has 4 rings (SSSR count). The molecule has 0 aliphatic rings. The van der Waals surface area contributed by atoms with Crippen molar-refractivity contribution in [1.29, 1.82) is 0 Å². The van der Waals surface area contributed by atoms with Crippen molar-refractivity contribution in [2.45, 2.75) is 0 Å². The maximum atomic E-state index is 11.9. The predicted octanol–water partition coefficient (Wildman–Crippen LogP) is 3.03. The monoisotopic (exact) mass is 548 g/mol. The number of carbonyl (C=O) groups excluding carboxylic acids is 2. The highest BCUT2D eigenvalue weighted by Gasteiger charge is 2.17. The van der Waals surface area contributed by atoms with Crippen LogP contribution in [0.15, 0.2) is 79.7 Å². The van der Waals surface area contributed by atoms with Gasteiger partial charge in [-0.2, -0.15) is 10.2 Å². The molecule has 0 atom stereocenters. The Balaban J connectivity index is 1.30.